The summed E-state index contributed by atoms with van der Waals surface area (Å²) in [4.78, 5) is 14.1. The van der Waals surface area contributed by atoms with Gasteiger partial charge in [-0.05, 0) is 6.07 Å². The third-order valence-electron chi connectivity index (χ3n) is 5.42. The number of likely N-dealkylation sites (tertiary alicyclic amines) is 1. The van der Waals surface area contributed by atoms with Gasteiger partial charge in [-0.1, -0.05) is 12.1 Å². The zero-order valence-corrected chi connectivity index (χ0v) is 16.0. The Morgan fingerprint density at radius 1 is 1.27 bits per heavy atom. The van der Waals surface area contributed by atoms with E-state index in [4.69, 9.17) is 9.47 Å². The molecule has 0 unspecified atom stereocenters. The van der Waals surface area contributed by atoms with Gasteiger partial charge in [0.05, 0.1) is 25.9 Å². The lowest BCUT2D eigenvalue weighted by Gasteiger charge is -2.25. The normalized spacial score (nSPS) is 26.7. The fourth-order valence-corrected chi connectivity index (χ4v) is 5.03. The highest BCUT2D eigenvalue weighted by atomic mass is 32.2. The summed E-state index contributed by atoms with van der Waals surface area (Å²) in [5.74, 6) is 0.0925. The van der Waals surface area contributed by atoms with Crippen LogP contribution in [0.3, 0.4) is 0 Å². The summed E-state index contributed by atoms with van der Waals surface area (Å²) in [6, 6.07) is 5.60. The second kappa shape index (κ2) is 6.71. The summed E-state index contributed by atoms with van der Waals surface area (Å²) in [6.07, 6.45) is 1.13. The summed E-state index contributed by atoms with van der Waals surface area (Å²) in [6.45, 7) is 1.62. The predicted molar refractivity (Wildman–Crippen MR) is 94.8 cm³/mol. The molecule has 1 aromatic carbocycles. The number of para-hydroxylation sites is 1. The Morgan fingerprint density at radius 2 is 2.00 bits per heavy atom. The Labute approximate surface area is 153 Å². The first kappa shape index (κ1) is 18.9. The molecular formula is C17H24N2O6S. The number of fused-ring (bicyclic) bond motifs is 1. The van der Waals surface area contributed by atoms with E-state index in [1.54, 1.807) is 14.2 Å². The predicted octanol–water partition coefficient (Wildman–Crippen LogP) is 0.482. The topological polar surface area (TPSA) is 96.4 Å². The standard InChI is InChI=1S/C17H24N2O6S/c1-24-14-6-4-5-12(15(14)25-2)7-18-8-13-9-19(26(3,22)23)11-17(13,10-18)16(20)21/h4-6,13H,7-11H2,1-3H3,(H,20,21)/t13-,17-/m1/s1. The van der Waals surface area contributed by atoms with Crippen LogP contribution in [0.15, 0.2) is 18.2 Å². The lowest BCUT2D eigenvalue weighted by atomic mass is 9.81. The first-order valence-electron chi connectivity index (χ1n) is 8.32. The molecule has 0 aromatic heterocycles. The molecule has 0 radical (unpaired) electrons. The van der Waals surface area contributed by atoms with E-state index in [1.807, 2.05) is 18.2 Å². The van der Waals surface area contributed by atoms with Crippen molar-refractivity contribution in [2.75, 3.05) is 46.7 Å². The molecule has 1 N–H and O–H groups in total. The fraction of sp³-hybridized carbons (Fsp3) is 0.588. The molecule has 2 aliphatic heterocycles. The van der Waals surface area contributed by atoms with Gasteiger partial charge >= 0.3 is 5.97 Å². The highest BCUT2D eigenvalue weighted by Gasteiger charge is 2.59. The zero-order valence-electron chi connectivity index (χ0n) is 15.1. The van der Waals surface area contributed by atoms with Crippen molar-refractivity contribution in [1.82, 2.24) is 9.21 Å². The molecule has 2 heterocycles. The van der Waals surface area contributed by atoms with Crippen molar-refractivity contribution < 1.29 is 27.8 Å². The highest BCUT2D eigenvalue weighted by Crippen LogP contribution is 2.44. The van der Waals surface area contributed by atoms with Crippen LogP contribution in [0.25, 0.3) is 0 Å². The molecule has 26 heavy (non-hydrogen) atoms. The smallest absolute Gasteiger partial charge is 0.312 e. The first-order chi connectivity index (χ1) is 12.2. The highest BCUT2D eigenvalue weighted by molar-refractivity contribution is 7.88. The van der Waals surface area contributed by atoms with Gasteiger partial charge in [-0.15, -0.1) is 0 Å². The van der Waals surface area contributed by atoms with E-state index < -0.39 is 21.4 Å². The lowest BCUT2D eigenvalue weighted by molar-refractivity contribution is -0.148. The van der Waals surface area contributed by atoms with Crippen LogP contribution in [0.5, 0.6) is 11.5 Å². The lowest BCUT2D eigenvalue weighted by Crippen LogP contribution is -2.41. The van der Waals surface area contributed by atoms with E-state index in [-0.39, 0.29) is 19.0 Å². The van der Waals surface area contributed by atoms with Crippen LogP contribution >= 0.6 is 0 Å². The van der Waals surface area contributed by atoms with Crippen molar-refractivity contribution in [1.29, 1.82) is 0 Å². The maximum absolute atomic E-state index is 12.0. The Kier molecular flexibility index (Phi) is 4.89. The van der Waals surface area contributed by atoms with E-state index in [0.717, 1.165) is 11.8 Å². The molecule has 2 atom stereocenters. The van der Waals surface area contributed by atoms with Gasteiger partial charge in [0.1, 0.15) is 0 Å². The van der Waals surface area contributed by atoms with Crippen LogP contribution in [0.2, 0.25) is 0 Å². The number of nitrogens with zero attached hydrogens (tertiary/aromatic N) is 2. The summed E-state index contributed by atoms with van der Waals surface area (Å²) in [5.41, 5.74) is -0.151. The maximum atomic E-state index is 12.0. The van der Waals surface area contributed by atoms with Crippen molar-refractivity contribution in [3.05, 3.63) is 23.8 Å². The zero-order chi connectivity index (χ0) is 19.1. The fourth-order valence-electron chi connectivity index (χ4n) is 4.12. The Balaban J connectivity index is 1.82. The van der Waals surface area contributed by atoms with Gasteiger partial charge in [-0.3, -0.25) is 9.69 Å². The molecule has 3 rings (SSSR count). The van der Waals surface area contributed by atoms with Crippen LogP contribution in [-0.4, -0.2) is 75.4 Å². The third kappa shape index (κ3) is 3.15. The van der Waals surface area contributed by atoms with Gasteiger partial charge in [0, 0.05) is 44.2 Å². The number of ether oxygens (including phenoxy) is 2. The number of carbonyl (C=O) groups is 1. The number of carboxylic acids is 1. The van der Waals surface area contributed by atoms with Gasteiger partial charge in [0.15, 0.2) is 11.5 Å². The minimum Gasteiger partial charge on any atom is -0.493 e. The summed E-state index contributed by atoms with van der Waals surface area (Å²) < 4.78 is 35.7. The van der Waals surface area contributed by atoms with Crippen LogP contribution in [0.1, 0.15) is 5.56 Å². The van der Waals surface area contributed by atoms with Gasteiger partial charge in [0.25, 0.3) is 0 Å². The summed E-state index contributed by atoms with van der Waals surface area (Å²) in [7, 11) is -0.255. The van der Waals surface area contributed by atoms with Crippen LogP contribution in [-0.2, 0) is 21.4 Å². The molecule has 0 saturated carbocycles. The third-order valence-corrected chi connectivity index (χ3v) is 6.64. The molecule has 144 valence electrons. The SMILES string of the molecule is COc1cccc(CN2C[C@@H]3CN(S(C)(=O)=O)C[C@]3(C(=O)O)C2)c1OC. The molecule has 9 heteroatoms. The summed E-state index contributed by atoms with van der Waals surface area (Å²) in [5, 5.41) is 9.83. The molecule has 0 amide bonds. The molecule has 2 aliphatic rings. The minimum absolute atomic E-state index is 0.0254. The van der Waals surface area contributed by atoms with Crippen LogP contribution in [0.4, 0.5) is 0 Å². The molecule has 2 fully saturated rings. The van der Waals surface area contributed by atoms with Gasteiger partial charge in [0.2, 0.25) is 10.0 Å². The van der Waals surface area contributed by atoms with Crippen molar-refractivity contribution in [2.24, 2.45) is 11.3 Å². The average molecular weight is 384 g/mol. The van der Waals surface area contributed by atoms with E-state index in [2.05, 4.69) is 4.90 Å². The van der Waals surface area contributed by atoms with Crippen LogP contribution in [0, 0.1) is 11.3 Å². The second-order valence-electron chi connectivity index (χ2n) is 7.04. The molecule has 1 aromatic rings. The number of rotatable bonds is 6. The Hall–Kier alpha value is -1.84. The van der Waals surface area contributed by atoms with E-state index >= 15 is 0 Å². The maximum Gasteiger partial charge on any atom is 0.312 e. The summed E-state index contributed by atoms with van der Waals surface area (Å²) >= 11 is 0. The number of aliphatic carboxylic acids is 1. The van der Waals surface area contributed by atoms with Crippen molar-refractivity contribution in [3.63, 3.8) is 0 Å². The van der Waals surface area contributed by atoms with Crippen LogP contribution < -0.4 is 9.47 Å². The Bertz CT molecular complexity index is 811. The first-order valence-corrected chi connectivity index (χ1v) is 10.2. The van der Waals surface area contributed by atoms with Crippen molar-refractivity contribution in [2.45, 2.75) is 6.54 Å². The molecule has 0 aliphatic carbocycles. The molecule has 0 bridgehead atoms. The van der Waals surface area contributed by atoms with E-state index in [9.17, 15) is 18.3 Å². The Morgan fingerprint density at radius 3 is 2.54 bits per heavy atom. The largest absolute Gasteiger partial charge is 0.493 e. The van der Waals surface area contributed by atoms with E-state index in [0.29, 0.717) is 31.1 Å². The minimum atomic E-state index is -3.40. The van der Waals surface area contributed by atoms with Gasteiger partial charge in [-0.25, -0.2) is 12.7 Å². The number of benzene rings is 1. The molecular weight excluding hydrogens is 360 g/mol. The second-order valence-corrected chi connectivity index (χ2v) is 9.02. The number of carboxylic acid groups (broad SMARTS) is 1. The van der Waals surface area contributed by atoms with Crippen molar-refractivity contribution in [3.8, 4) is 11.5 Å². The average Bonchev–Trinajstić information content (AvgIpc) is 3.09. The monoisotopic (exact) mass is 384 g/mol. The molecule has 8 nitrogen and oxygen atoms in total. The number of methoxy groups -OCH3 is 2. The number of hydrogen-bond donors (Lipinski definition) is 1. The van der Waals surface area contributed by atoms with Crippen molar-refractivity contribution >= 4 is 16.0 Å². The van der Waals surface area contributed by atoms with E-state index in [1.165, 1.54) is 4.31 Å². The quantitative estimate of drug-likeness (QED) is 0.762. The van der Waals surface area contributed by atoms with Gasteiger partial charge in [-0.2, -0.15) is 0 Å². The van der Waals surface area contributed by atoms with Gasteiger partial charge < -0.3 is 14.6 Å². The molecule has 2 saturated heterocycles. The number of sulfonamides is 1. The molecule has 0 spiro atoms. The number of hydrogen-bond acceptors (Lipinski definition) is 6.